The van der Waals surface area contributed by atoms with Crippen LogP contribution >= 0.6 is 0 Å². The molecule has 2 aliphatic rings. The van der Waals surface area contributed by atoms with E-state index in [1.807, 2.05) is 26.8 Å². The second kappa shape index (κ2) is 2.87. The maximum atomic E-state index is 11.5. The molecule has 76 valence electrons. The van der Waals surface area contributed by atoms with E-state index in [0.29, 0.717) is 24.4 Å². The number of hydrogen-bond acceptors (Lipinski definition) is 3. The Morgan fingerprint density at radius 3 is 2.86 bits per heavy atom. The van der Waals surface area contributed by atoms with Crippen LogP contribution < -0.4 is 0 Å². The molecule has 0 spiro atoms. The zero-order chi connectivity index (χ0) is 10.3. The third-order valence-electron chi connectivity index (χ3n) is 2.51. The van der Waals surface area contributed by atoms with Gasteiger partial charge >= 0.3 is 5.97 Å². The maximum absolute atomic E-state index is 11.5. The van der Waals surface area contributed by atoms with Crippen molar-refractivity contribution in [3.63, 3.8) is 0 Å². The van der Waals surface area contributed by atoms with E-state index in [0.717, 1.165) is 5.57 Å². The average molecular weight is 194 g/mol. The molecule has 2 rings (SSSR count). The molecule has 2 aliphatic heterocycles. The summed E-state index contributed by atoms with van der Waals surface area (Å²) in [4.78, 5) is 11.5. The number of rotatable bonds is 0. The Kier molecular flexibility index (Phi) is 1.91. The Labute approximate surface area is 83.4 Å². The molecule has 0 saturated heterocycles. The molecule has 2 heterocycles. The summed E-state index contributed by atoms with van der Waals surface area (Å²) >= 11 is 0. The van der Waals surface area contributed by atoms with Crippen LogP contribution in [-0.4, -0.2) is 18.2 Å². The van der Waals surface area contributed by atoms with E-state index >= 15 is 0 Å². The number of cyclic esters (lactones) is 1. The van der Waals surface area contributed by atoms with Gasteiger partial charge in [0.2, 0.25) is 0 Å². The molecule has 0 aromatic carbocycles. The molecule has 0 aliphatic carbocycles. The number of hydrogen-bond donors (Lipinski definition) is 0. The van der Waals surface area contributed by atoms with Gasteiger partial charge in [0, 0.05) is 6.42 Å². The first-order chi connectivity index (χ1) is 6.50. The summed E-state index contributed by atoms with van der Waals surface area (Å²) in [6.07, 6.45) is 2.65. The van der Waals surface area contributed by atoms with Gasteiger partial charge in [-0.25, -0.2) is 4.79 Å². The highest BCUT2D eigenvalue weighted by Gasteiger charge is 2.42. The third-order valence-corrected chi connectivity index (χ3v) is 2.51. The molecule has 0 radical (unpaired) electrons. The van der Waals surface area contributed by atoms with Crippen molar-refractivity contribution in [2.75, 3.05) is 6.61 Å². The van der Waals surface area contributed by atoms with Crippen molar-refractivity contribution in [3.05, 3.63) is 23.0 Å². The fourth-order valence-electron chi connectivity index (χ4n) is 1.75. The molecular formula is C11H14O3. The highest BCUT2D eigenvalue weighted by atomic mass is 16.6. The number of allylic oxidation sites excluding steroid dienone is 1. The van der Waals surface area contributed by atoms with Crippen molar-refractivity contribution in [1.82, 2.24) is 0 Å². The monoisotopic (exact) mass is 194 g/mol. The van der Waals surface area contributed by atoms with Gasteiger partial charge in [0.15, 0.2) is 11.4 Å². The first-order valence-corrected chi connectivity index (χ1v) is 4.76. The Hall–Kier alpha value is -1.25. The second-order valence-electron chi connectivity index (χ2n) is 4.25. The summed E-state index contributed by atoms with van der Waals surface area (Å²) in [7, 11) is 0. The Morgan fingerprint density at radius 2 is 2.14 bits per heavy atom. The molecule has 0 saturated carbocycles. The molecule has 0 N–H and O–H groups in total. The zero-order valence-electron chi connectivity index (χ0n) is 8.72. The molecule has 14 heavy (non-hydrogen) atoms. The lowest BCUT2D eigenvalue weighted by molar-refractivity contribution is -0.145. The van der Waals surface area contributed by atoms with Crippen LogP contribution in [0.4, 0.5) is 0 Å². The standard InChI is InChI=1S/C11H14O3/c1-7-4-5-8-9(13-6-7)11(2,3)14-10(8)12/h4H,5-6H2,1-3H3. The second-order valence-corrected chi connectivity index (χ2v) is 4.25. The number of carbonyl (C=O) groups excluding carboxylic acids is 1. The van der Waals surface area contributed by atoms with Crippen LogP contribution in [0.5, 0.6) is 0 Å². The van der Waals surface area contributed by atoms with Gasteiger partial charge in [-0.15, -0.1) is 0 Å². The van der Waals surface area contributed by atoms with Gasteiger partial charge in [0.25, 0.3) is 0 Å². The van der Waals surface area contributed by atoms with Gasteiger partial charge in [-0.3, -0.25) is 0 Å². The van der Waals surface area contributed by atoms with Crippen LogP contribution in [0.15, 0.2) is 23.0 Å². The van der Waals surface area contributed by atoms with Crippen molar-refractivity contribution in [1.29, 1.82) is 0 Å². The number of ether oxygens (including phenoxy) is 2. The number of carbonyl (C=O) groups is 1. The van der Waals surface area contributed by atoms with Crippen LogP contribution in [0, 0.1) is 0 Å². The summed E-state index contributed by atoms with van der Waals surface area (Å²) in [5, 5.41) is 0. The van der Waals surface area contributed by atoms with Crippen molar-refractivity contribution >= 4 is 5.97 Å². The van der Waals surface area contributed by atoms with Gasteiger partial charge in [-0.2, -0.15) is 0 Å². The van der Waals surface area contributed by atoms with E-state index in [1.54, 1.807) is 0 Å². The largest absolute Gasteiger partial charge is 0.489 e. The minimum atomic E-state index is -0.592. The highest BCUT2D eigenvalue weighted by molar-refractivity contribution is 5.92. The van der Waals surface area contributed by atoms with Crippen LogP contribution in [0.1, 0.15) is 27.2 Å². The van der Waals surface area contributed by atoms with Crippen molar-refractivity contribution in [3.8, 4) is 0 Å². The average Bonchev–Trinajstić information content (AvgIpc) is 2.22. The van der Waals surface area contributed by atoms with Gasteiger partial charge in [0.05, 0.1) is 5.57 Å². The first-order valence-electron chi connectivity index (χ1n) is 4.76. The topological polar surface area (TPSA) is 35.5 Å². The lowest BCUT2D eigenvalue weighted by Crippen LogP contribution is -2.24. The molecule has 3 nitrogen and oxygen atoms in total. The van der Waals surface area contributed by atoms with Gasteiger partial charge in [-0.05, 0) is 26.3 Å². The summed E-state index contributed by atoms with van der Waals surface area (Å²) in [5.41, 5.74) is 1.24. The van der Waals surface area contributed by atoms with Crippen molar-refractivity contribution < 1.29 is 14.3 Å². The first kappa shape index (κ1) is 9.31. The minimum Gasteiger partial charge on any atom is -0.489 e. The Bertz CT molecular complexity index is 348. The van der Waals surface area contributed by atoms with E-state index in [1.165, 1.54) is 0 Å². The van der Waals surface area contributed by atoms with Crippen LogP contribution in [-0.2, 0) is 14.3 Å². The Morgan fingerprint density at radius 1 is 1.43 bits per heavy atom. The maximum Gasteiger partial charge on any atom is 0.338 e. The lowest BCUT2D eigenvalue weighted by atomic mass is 10.0. The highest BCUT2D eigenvalue weighted by Crippen LogP contribution is 2.36. The molecule has 0 atom stereocenters. The van der Waals surface area contributed by atoms with E-state index < -0.39 is 5.60 Å². The van der Waals surface area contributed by atoms with Crippen molar-refractivity contribution in [2.24, 2.45) is 0 Å². The smallest absolute Gasteiger partial charge is 0.338 e. The normalized spacial score (nSPS) is 24.8. The minimum absolute atomic E-state index is 0.240. The predicted molar refractivity (Wildman–Crippen MR) is 51.5 cm³/mol. The quantitative estimate of drug-likeness (QED) is 0.436. The molecule has 0 amide bonds. The lowest BCUT2D eigenvalue weighted by Gasteiger charge is -2.21. The van der Waals surface area contributed by atoms with Crippen LogP contribution in [0.2, 0.25) is 0 Å². The fourth-order valence-corrected chi connectivity index (χ4v) is 1.75. The predicted octanol–water partition coefficient (Wildman–Crippen LogP) is 1.94. The summed E-state index contributed by atoms with van der Waals surface area (Å²) in [6, 6.07) is 0. The third kappa shape index (κ3) is 1.33. The van der Waals surface area contributed by atoms with Gasteiger partial charge in [-0.1, -0.05) is 6.08 Å². The molecule has 0 aromatic heterocycles. The molecule has 0 bridgehead atoms. The van der Waals surface area contributed by atoms with E-state index in [2.05, 4.69) is 0 Å². The van der Waals surface area contributed by atoms with E-state index in [-0.39, 0.29) is 5.97 Å². The van der Waals surface area contributed by atoms with Crippen LogP contribution in [0.3, 0.4) is 0 Å². The summed E-state index contributed by atoms with van der Waals surface area (Å²) in [6.45, 7) is 6.27. The molecule has 0 fully saturated rings. The summed E-state index contributed by atoms with van der Waals surface area (Å²) < 4.78 is 10.8. The van der Waals surface area contributed by atoms with Gasteiger partial charge < -0.3 is 9.47 Å². The fraction of sp³-hybridized carbons (Fsp3) is 0.545. The SMILES string of the molecule is CC1=CCC2=C(OC1)C(C)(C)OC2=O. The molecule has 0 unspecified atom stereocenters. The van der Waals surface area contributed by atoms with Crippen molar-refractivity contribution in [2.45, 2.75) is 32.8 Å². The van der Waals surface area contributed by atoms with E-state index in [9.17, 15) is 4.79 Å². The molecule has 3 heteroatoms. The van der Waals surface area contributed by atoms with Crippen LogP contribution in [0.25, 0.3) is 0 Å². The number of esters is 1. The molecular weight excluding hydrogens is 180 g/mol. The zero-order valence-corrected chi connectivity index (χ0v) is 8.72. The Balaban J connectivity index is 2.37. The molecule has 0 aromatic rings. The van der Waals surface area contributed by atoms with Gasteiger partial charge in [0.1, 0.15) is 6.61 Å². The summed E-state index contributed by atoms with van der Waals surface area (Å²) in [5.74, 6) is 0.464. The van der Waals surface area contributed by atoms with E-state index in [4.69, 9.17) is 9.47 Å².